The molecule has 1 aromatic carbocycles. The second kappa shape index (κ2) is 5.45. The average molecular weight is 285 g/mol. The summed E-state index contributed by atoms with van der Waals surface area (Å²) >= 11 is 6.16. The van der Waals surface area contributed by atoms with Crippen LogP contribution in [0.15, 0.2) is 61.1 Å². The van der Waals surface area contributed by atoms with Crippen molar-refractivity contribution in [3.63, 3.8) is 0 Å². The molecule has 0 amide bonds. The van der Waals surface area contributed by atoms with E-state index >= 15 is 0 Å². The van der Waals surface area contributed by atoms with Gasteiger partial charge in [-0.3, -0.25) is 4.98 Å². The Morgan fingerprint density at radius 1 is 1.05 bits per heavy atom. The van der Waals surface area contributed by atoms with E-state index in [2.05, 4.69) is 10.1 Å². The lowest BCUT2D eigenvalue weighted by atomic mass is 10.1. The third kappa shape index (κ3) is 2.31. The number of nitrogens with two attached hydrogens (primary N) is 1. The minimum atomic E-state index is -0.354. The SMILES string of the molecule is NC(c1ccncc1Cl)c1ccnn1-c1ccccc1. The van der Waals surface area contributed by atoms with Crippen molar-refractivity contribution in [1.29, 1.82) is 0 Å². The Labute approximate surface area is 121 Å². The van der Waals surface area contributed by atoms with Gasteiger partial charge in [-0.05, 0) is 29.8 Å². The van der Waals surface area contributed by atoms with Gasteiger partial charge < -0.3 is 5.73 Å². The van der Waals surface area contributed by atoms with E-state index in [0.29, 0.717) is 5.02 Å². The first-order chi connectivity index (χ1) is 9.77. The maximum absolute atomic E-state index is 6.33. The molecular weight excluding hydrogens is 272 g/mol. The molecule has 2 N–H and O–H groups in total. The van der Waals surface area contributed by atoms with Crippen LogP contribution in [0.1, 0.15) is 17.3 Å². The minimum Gasteiger partial charge on any atom is -0.319 e. The Hall–Kier alpha value is -2.17. The fourth-order valence-corrected chi connectivity index (χ4v) is 2.37. The topological polar surface area (TPSA) is 56.7 Å². The van der Waals surface area contributed by atoms with Gasteiger partial charge >= 0.3 is 0 Å². The monoisotopic (exact) mass is 284 g/mol. The van der Waals surface area contributed by atoms with Gasteiger partial charge in [-0.15, -0.1) is 0 Å². The third-order valence-electron chi connectivity index (χ3n) is 3.13. The van der Waals surface area contributed by atoms with Crippen LogP contribution in [0, 0.1) is 0 Å². The average Bonchev–Trinajstić information content (AvgIpc) is 2.97. The first kappa shape index (κ1) is 12.8. The molecule has 20 heavy (non-hydrogen) atoms. The first-order valence-electron chi connectivity index (χ1n) is 6.21. The fourth-order valence-electron chi connectivity index (χ4n) is 2.13. The summed E-state index contributed by atoms with van der Waals surface area (Å²) in [6, 6.07) is 13.2. The molecule has 0 radical (unpaired) electrons. The summed E-state index contributed by atoms with van der Waals surface area (Å²) in [4.78, 5) is 3.98. The highest BCUT2D eigenvalue weighted by atomic mass is 35.5. The number of halogens is 1. The smallest absolute Gasteiger partial charge is 0.0743 e. The zero-order chi connectivity index (χ0) is 13.9. The normalized spacial score (nSPS) is 12.3. The highest BCUT2D eigenvalue weighted by Gasteiger charge is 2.17. The van der Waals surface area contributed by atoms with E-state index in [1.165, 1.54) is 0 Å². The van der Waals surface area contributed by atoms with Crippen molar-refractivity contribution in [2.75, 3.05) is 0 Å². The predicted octanol–water partition coefficient (Wildman–Crippen LogP) is 2.97. The van der Waals surface area contributed by atoms with Gasteiger partial charge in [-0.2, -0.15) is 5.10 Å². The van der Waals surface area contributed by atoms with Gasteiger partial charge in [0.05, 0.1) is 22.4 Å². The number of benzene rings is 1. The standard InChI is InChI=1S/C15H13ClN4/c16-13-10-18-8-6-12(13)15(17)14-7-9-19-20(14)11-4-2-1-3-5-11/h1-10,15H,17H2. The van der Waals surface area contributed by atoms with Gasteiger partial charge in [0, 0.05) is 18.6 Å². The van der Waals surface area contributed by atoms with Gasteiger partial charge in [0.15, 0.2) is 0 Å². The van der Waals surface area contributed by atoms with Crippen LogP contribution in [-0.4, -0.2) is 14.8 Å². The Kier molecular flexibility index (Phi) is 3.50. The first-order valence-corrected chi connectivity index (χ1v) is 6.59. The lowest BCUT2D eigenvalue weighted by Gasteiger charge is -2.15. The molecule has 2 heterocycles. The molecule has 0 fully saturated rings. The molecule has 100 valence electrons. The highest BCUT2D eigenvalue weighted by Crippen LogP contribution is 2.26. The molecule has 4 nitrogen and oxygen atoms in total. The molecule has 0 aliphatic rings. The largest absolute Gasteiger partial charge is 0.319 e. The van der Waals surface area contributed by atoms with Crippen molar-refractivity contribution < 1.29 is 0 Å². The summed E-state index contributed by atoms with van der Waals surface area (Å²) in [5.41, 5.74) is 9.00. The quantitative estimate of drug-likeness (QED) is 0.804. The van der Waals surface area contributed by atoms with Crippen LogP contribution in [-0.2, 0) is 0 Å². The third-order valence-corrected chi connectivity index (χ3v) is 3.45. The van der Waals surface area contributed by atoms with Crippen LogP contribution < -0.4 is 5.73 Å². The van der Waals surface area contributed by atoms with Crippen molar-refractivity contribution in [1.82, 2.24) is 14.8 Å². The molecule has 3 rings (SSSR count). The fraction of sp³-hybridized carbons (Fsp3) is 0.0667. The predicted molar refractivity (Wildman–Crippen MR) is 78.8 cm³/mol. The zero-order valence-corrected chi connectivity index (χ0v) is 11.4. The van der Waals surface area contributed by atoms with Gasteiger partial charge in [0.1, 0.15) is 0 Å². The molecule has 5 heteroatoms. The van der Waals surface area contributed by atoms with E-state index in [4.69, 9.17) is 17.3 Å². The van der Waals surface area contributed by atoms with E-state index in [0.717, 1.165) is 16.9 Å². The van der Waals surface area contributed by atoms with Crippen LogP contribution in [0.5, 0.6) is 0 Å². The number of hydrogen-bond acceptors (Lipinski definition) is 3. The number of pyridine rings is 1. The van der Waals surface area contributed by atoms with Crippen molar-refractivity contribution >= 4 is 11.6 Å². The Bertz CT molecular complexity index is 709. The van der Waals surface area contributed by atoms with Crippen LogP contribution in [0.4, 0.5) is 0 Å². The second-order valence-corrected chi connectivity index (χ2v) is 4.79. The molecule has 1 unspecified atom stereocenters. The molecule has 0 bridgehead atoms. The molecule has 0 spiro atoms. The summed E-state index contributed by atoms with van der Waals surface area (Å²) in [5, 5.41) is 4.90. The van der Waals surface area contributed by atoms with Crippen molar-refractivity contribution in [2.45, 2.75) is 6.04 Å². The van der Waals surface area contributed by atoms with Crippen LogP contribution in [0.25, 0.3) is 5.69 Å². The van der Waals surface area contributed by atoms with Gasteiger partial charge in [-0.25, -0.2) is 4.68 Å². The maximum Gasteiger partial charge on any atom is 0.0743 e. The van der Waals surface area contributed by atoms with E-state index in [1.54, 1.807) is 18.6 Å². The van der Waals surface area contributed by atoms with E-state index < -0.39 is 0 Å². The van der Waals surface area contributed by atoms with Gasteiger partial charge in [-0.1, -0.05) is 29.8 Å². The Balaban J connectivity index is 2.04. The van der Waals surface area contributed by atoms with E-state index in [9.17, 15) is 0 Å². The lowest BCUT2D eigenvalue weighted by molar-refractivity contribution is 0.738. The van der Waals surface area contributed by atoms with Crippen LogP contribution in [0.2, 0.25) is 5.02 Å². The Morgan fingerprint density at radius 2 is 1.85 bits per heavy atom. The number of nitrogens with zero attached hydrogens (tertiary/aromatic N) is 3. The summed E-state index contributed by atoms with van der Waals surface area (Å²) in [6.07, 6.45) is 5.02. The number of hydrogen-bond donors (Lipinski definition) is 1. The van der Waals surface area contributed by atoms with Crippen LogP contribution >= 0.6 is 11.6 Å². The molecule has 2 aromatic heterocycles. The minimum absolute atomic E-state index is 0.354. The second-order valence-electron chi connectivity index (χ2n) is 4.38. The van der Waals surface area contributed by atoms with Gasteiger partial charge in [0.25, 0.3) is 0 Å². The molecule has 0 saturated heterocycles. The number of aromatic nitrogens is 3. The molecule has 1 atom stereocenters. The zero-order valence-electron chi connectivity index (χ0n) is 10.6. The van der Waals surface area contributed by atoms with Crippen molar-refractivity contribution in [2.24, 2.45) is 5.73 Å². The molecule has 3 aromatic rings. The summed E-state index contributed by atoms with van der Waals surface area (Å²) in [7, 11) is 0. The van der Waals surface area contributed by atoms with Gasteiger partial charge in [0.2, 0.25) is 0 Å². The molecule has 0 aliphatic carbocycles. The van der Waals surface area contributed by atoms with Crippen LogP contribution in [0.3, 0.4) is 0 Å². The number of rotatable bonds is 3. The summed E-state index contributed by atoms with van der Waals surface area (Å²) < 4.78 is 1.82. The molecule has 0 aliphatic heterocycles. The lowest BCUT2D eigenvalue weighted by Crippen LogP contribution is -2.17. The van der Waals surface area contributed by atoms with Crippen molar-refractivity contribution in [3.8, 4) is 5.69 Å². The summed E-state index contributed by atoms with van der Waals surface area (Å²) in [6.45, 7) is 0. The highest BCUT2D eigenvalue weighted by molar-refractivity contribution is 6.31. The summed E-state index contributed by atoms with van der Waals surface area (Å²) in [5.74, 6) is 0. The molecule has 0 saturated carbocycles. The molecular formula is C15H13ClN4. The number of para-hydroxylation sites is 1. The van der Waals surface area contributed by atoms with Crippen molar-refractivity contribution in [3.05, 3.63) is 77.3 Å². The Morgan fingerprint density at radius 3 is 2.60 bits per heavy atom. The van der Waals surface area contributed by atoms with E-state index in [-0.39, 0.29) is 6.04 Å². The van der Waals surface area contributed by atoms with E-state index in [1.807, 2.05) is 47.1 Å². The maximum atomic E-state index is 6.33.